The molecule has 0 radical (unpaired) electrons. The van der Waals surface area contributed by atoms with Crippen molar-refractivity contribution < 1.29 is 0 Å². The highest BCUT2D eigenvalue weighted by Gasteiger charge is 2.10. The molecule has 100 valence electrons. The Kier molecular flexibility index (Phi) is 5.28. The third kappa shape index (κ3) is 3.98. The predicted molar refractivity (Wildman–Crippen MR) is 82.6 cm³/mol. The van der Waals surface area contributed by atoms with Gasteiger partial charge in [-0.25, -0.2) is 0 Å². The molecule has 0 saturated heterocycles. The molecule has 2 aromatic carbocycles. The second-order valence-electron chi connectivity index (χ2n) is 4.28. The molecule has 2 aromatic rings. The zero-order valence-corrected chi connectivity index (χ0v) is 12.1. The quantitative estimate of drug-likeness (QED) is 0.880. The van der Waals surface area contributed by atoms with Gasteiger partial charge in [-0.05, 0) is 48.9 Å². The van der Waals surface area contributed by atoms with Crippen LogP contribution in [0.15, 0.2) is 58.3 Å². The maximum Gasteiger partial charge on any atom is 0.0406 e. The van der Waals surface area contributed by atoms with E-state index < -0.39 is 0 Å². The van der Waals surface area contributed by atoms with Crippen LogP contribution in [0.25, 0.3) is 0 Å². The van der Waals surface area contributed by atoms with E-state index in [4.69, 9.17) is 23.1 Å². The molecule has 4 N–H and O–H groups in total. The molecule has 0 aliphatic rings. The Hall–Kier alpha value is -1.00. The average molecular weight is 293 g/mol. The van der Waals surface area contributed by atoms with Gasteiger partial charge in [-0.2, -0.15) is 0 Å². The van der Waals surface area contributed by atoms with Crippen LogP contribution in [0.4, 0.5) is 0 Å². The summed E-state index contributed by atoms with van der Waals surface area (Å²) in [6.07, 6.45) is 0.790. The summed E-state index contributed by atoms with van der Waals surface area (Å²) >= 11 is 7.59. The molecule has 0 spiro atoms. The molecule has 1 atom stereocenters. The topological polar surface area (TPSA) is 52.0 Å². The summed E-state index contributed by atoms with van der Waals surface area (Å²) in [4.78, 5) is 2.32. The number of hydrogen-bond donors (Lipinski definition) is 2. The van der Waals surface area contributed by atoms with Crippen molar-refractivity contribution in [1.82, 2.24) is 0 Å². The van der Waals surface area contributed by atoms with Crippen LogP contribution in [0, 0.1) is 0 Å². The van der Waals surface area contributed by atoms with Crippen LogP contribution < -0.4 is 11.5 Å². The first kappa shape index (κ1) is 14.4. The van der Waals surface area contributed by atoms with E-state index >= 15 is 0 Å². The summed E-state index contributed by atoms with van der Waals surface area (Å²) in [5.41, 5.74) is 12.9. The second-order valence-corrected chi connectivity index (χ2v) is 5.83. The number of rotatable bonds is 5. The van der Waals surface area contributed by atoms with Gasteiger partial charge in [-0.1, -0.05) is 41.6 Å². The third-order valence-corrected chi connectivity index (χ3v) is 4.19. The maximum atomic E-state index is 6.17. The van der Waals surface area contributed by atoms with Crippen molar-refractivity contribution in [2.45, 2.75) is 22.3 Å². The smallest absolute Gasteiger partial charge is 0.0406 e. The van der Waals surface area contributed by atoms with Crippen molar-refractivity contribution in [1.29, 1.82) is 0 Å². The van der Waals surface area contributed by atoms with Gasteiger partial charge in [0.2, 0.25) is 0 Å². The van der Waals surface area contributed by atoms with E-state index in [0.29, 0.717) is 6.54 Å². The monoisotopic (exact) mass is 292 g/mol. The number of halogens is 1. The first-order valence-electron chi connectivity index (χ1n) is 6.18. The van der Waals surface area contributed by atoms with Gasteiger partial charge in [0.05, 0.1) is 0 Å². The van der Waals surface area contributed by atoms with Crippen LogP contribution in [0.5, 0.6) is 0 Å². The van der Waals surface area contributed by atoms with E-state index in [1.165, 1.54) is 4.90 Å². The van der Waals surface area contributed by atoms with E-state index in [-0.39, 0.29) is 6.04 Å². The standard InChI is InChI=1S/C15H17ClN2S/c16-11-5-7-12(8-6-11)19-15-4-2-1-3-13(15)14(18)9-10-17/h1-8,14H,9-10,17-18H2/t14-/m1/s1. The second kappa shape index (κ2) is 6.96. The average Bonchev–Trinajstić information content (AvgIpc) is 2.42. The molecular formula is C15H17ClN2S. The third-order valence-electron chi connectivity index (χ3n) is 2.84. The highest BCUT2D eigenvalue weighted by Crippen LogP contribution is 2.33. The van der Waals surface area contributed by atoms with Crippen LogP contribution in [0.3, 0.4) is 0 Å². The van der Waals surface area contributed by atoms with Crippen LogP contribution in [-0.4, -0.2) is 6.54 Å². The van der Waals surface area contributed by atoms with Crippen molar-refractivity contribution in [3.05, 3.63) is 59.1 Å². The Bertz CT molecular complexity index is 528. The lowest BCUT2D eigenvalue weighted by molar-refractivity contribution is 0.651. The molecule has 2 nitrogen and oxygen atoms in total. The summed E-state index contributed by atoms with van der Waals surface area (Å²) in [5.74, 6) is 0. The molecule has 0 heterocycles. The van der Waals surface area contributed by atoms with Gasteiger partial charge in [0, 0.05) is 20.9 Å². The van der Waals surface area contributed by atoms with E-state index in [1.54, 1.807) is 11.8 Å². The zero-order chi connectivity index (χ0) is 13.7. The molecule has 0 saturated carbocycles. The lowest BCUT2D eigenvalue weighted by Crippen LogP contribution is -2.15. The molecule has 19 heavy (non-hydrogen) atoms. The minimum atomic E-state index is -0.0130. The van der Waals surface area contributed by atoms with E-state index in [9.17, 15) is 0 Å². The molecule has 0 aliphatic carbocycles. The van der Waals surface area contributed by atoms with Crippen molar-refractivity contribution in [2.75, 3.05) is 6.54 Å². The van der Waals surface area contributed by atoms with Crippen LogP contribution in [-0.2, 0) is 0 Å². The molecule has 0 amide bonds. The Balaban J connectivity index is 2.22. The van der Waals surface area contributed by atoms with Crippen molar-refractivity contribution >= 4 is 23.4 Å². The van der Waals surface area contributed by atoms with Crippen LogP contribution in [0.2, 0.25) is 5.02 Å². The number of benzene rings is 2. The van der Waals surface area contributed by atoms with Gasteiger partial charge in [-0.3, -0.25) is 0 Å². The SMILES string of the molecule is NCC[C@@H](N)c1ccccc1Sc1ccc(Cl)cc1. The van der Waals surface area contributed by atoms with Gasteiger partial charge < -0.3 is 11.5 Å². The fourth-order valence-electron chi connectivity index (χ4n) is 1.84. The van der Waals surface area contributed by atoms with Gasteiger partial charge in [0.15, 0.2) is 0 Å². The van der Waals surface area contributed by atoms with Crippen molar-refractivity contribution in [3.63, 3.8) is 0 Å². The first-order valence-corrected chi connectivity index (χ1v) is 7.38. The summed E-state index contributed by atoms with van der Waals surface area (Å²) in [5, 5.41) is 0.748. The van der Waals surface area contributed by atoms with E-state index in [2.05, 4.69) is 12.1 Å². The molecule has 4 heteroatoms. The Labute approximate surface area is 123 Å². The minimum absolute atomic E-state index is 0.0130. The van der Waals surface area contributed by atoms with Crippen molar-refractivity contribution in [2.24, 2.45) is 11.5 Å². The predicted octanol–water partition coefficient (Wildman–Crippen LogP) is 3.84. The molecule has 2 rings (SSSR count). The maximum absolute atomic E-state index is 6.17. The molecule has 0 aliphatic heterocycles. The van der Waals surface area contributed by atoms with Crippen molar-refractivity contribution in [3.8, 4) is 0 Å². The summed E-state index contributed by atoms with van der Waals surface area (Å²) in [6.45, 7) is 0.598. The Morgan fingerprint density at radius 2 is 1.74 bits per heavy atom. The lowest BCUT2D eigenvalue weighted by Gasteiger charge is -2.15. The van der Waals surface area contributed by atoms with Gasteiger partial charge in [0.25, 0.3) is 0 Å². The van der Waals surface area contributed by atoms with E-state index in [0.717, 1.165) is 21.9 Å². The largest absolute Gasteiger partial charge is 0.330 e. The summed E-state index contributed by atoms with van der Waals surface area (Å²) in [6, 6.07) is 16.0. The summed E-state index contributed by atoms with van der Waals surface area (Å²) < 4.78 is 0. The molecule has 0 bridgehead atoms. The minimum Gasteiger partial charge on any atom is -0.330 e. The normalized spacial score (nSPS) is 12.4. The molecule has 0 aromatic heterocycles. The molecule has 0 fully saturated rings. The molecular weight excluding hydrogens is 276 g/mol. The van der Waals surface area contributed by atoms with E-state index in [1.807, 2.05) is 36.4 Å². The molecule has 0 unspecified atom stereocenters. The van der Waals surface area contributed by atoms with Crippen LogP contribution in [0.1, 0.15) is 18.0 Å². The van der Waals surface area contributed by atoms with Gasteiger partial charge >= 0.3 is 0 Å². The van der Waals surface area contributed by atoms with Gasteiger partial charge in [-0.15, -0.1) is 0 Å². The highest BCUT2D eigenvalue weighted by molar-refractivity contribution is 7.99. The fourth-order valence-corrected chi connectivity index (χ4v) is 2.98. The van der Waals surface area contributed by atoms with Gasteiger partial charge in [0.1, 0.15) is 0 Å². The first-order chi connectivity index (χ1) is 9.20. The Morgan fingerprint density at radius 1 is 1.05 bits per heavy atom. The summed E-state index contributed by atoms with van der Waals surface area (Å²) in [7, 11) is 0. The Morgan fingerprint density at radius 3 is 2.42 bits per heavy atom. The van der Waals surface area contributed by atoms with Crippen LogP contribution >= 0.6 is 23.4 Å². The lowest BCUT2D eigenvalue weighted by atomic mass is 10.1. The zero-order valence-electron chi connectivity index (χ0n) is 10.6. The number of hydrogen-bond acceptors (Lipinski definition) is 3. The number of nitrogens with two attached hydrogens (primary N) is 2. The fraction of sp³-hybridized carbons (Fsp3) is 0.200. The highest BCUT2D eigenvalue weighted by atomic mass is 35.5.